The van der Waals surface area contributed by atoms with Crippen molar-refractivity contribution in [3.63, 3.8) is 0 Å². The second kappa shape index (κ2) is 10.2. The Labute approximate surface area is 218 Å². The summed E-state index contributed by atoms with van der Waals surface area (Å²) in [6.07, 6.45) is 1.54. The van der Waals surface area contributed by atoms with Gasteiger partial charge in [0.1, 0.15) is 29.2 Å². The zero-order chi connectivity index (χ0) is 27.1. The first kappa shape index (κ1) is 27.3. The summed E-state index contributed by atoms with van der Waals surface area (Å²) in [6, 6.07) is 5.11. The molecule has 1 unspecified atom stereocenters. The van der Waals surface area contributed by atoms with Crippen LogP contribution in [-0.4, -0.2) is 82.3 Å². The van der Waals surface area contributed by atoms with E-state index in [0.717, 1.165) is 23.1 Å². The lowest BCUT2D eigenvalue weighted by molar-refractivity contribution is -0.955. The van der Waals surface area contributed by atoms with Crippen molar-refractivity contribution in [3.05, 3.63) is 34.2 Å². The van der Waals surface area contributed by atoms with Gasteiger partial charge in [-0.1, -0.05) is 13.3 Å². The number of nitrogens with one attached hydrogen (secondary N) is 1. The van der Waals surface area contributed by atoms with Crippen molar-refractivity contribution in [1.82, 2.24) is 24.1 Å². The lowest BCUT2D eigenvalue weighted by Crippen LogP contribution is -2.67. The lowest BCUT2D eigenvalue weighted by Gasteiger charge is -2.50. The summed E-state index contributed by atoms with van der Waals surface area (Å²) in [6.45, 7) is 12.5. The highest BCUT2D eigenvalue weighted by atomic mass is 32.2. The van der Waals surface area contributed by atoms with E-state index in [-0.39, 0.29) is 28.4 Å². The highest BCUT2D eigenvalue weighted by Crippen LogP contribution is 2.34. The Bertz CT molecular complexity index is 1450. The molecule has 0 amide bonds. The van der Waals surface area contributed by atoms with Crippen molar-refractivity contribution in [2.75, 3.05) is 33.3 Å². The van der Waals surface area contributed by atoms with Gasteiger partial charge in [-0.2, -0.15) is 9.40 Å². The molecule has 1 fully saturated rings. The first-order valence-electron chi connectivity index (χ1n) is 13.1. The fourth-order valence-electron chi connectivity index (χ4n) is 5.36. The number of H-pyrrole nitrogens is 1. The lowest BCUT2D eigenvalue weighted by atomic mass is 10.1. The second-order valence-electron chi connectivity index (χ2n) is 10.2. The van der Waals surface area contributed by atoms with Crippen molar-refractivity contribution in [2.24, 2.45) is 7.05 Å². The normalized spacial score (nSPS) is 23.0. The quantitative estimate of drug-likeness (QED) is 0.448. The SMILES string of the molecule is CCCc1nn(C)c2c(=O)[nH]c(-c3cc(S(=O)(=O)N4C[C@@H](C)[N+](C)(CC)[C@@H](C)C4)ccc3OCC)nc12. The molecule has 37 heavy (non-hydrogen) atoms. The number of aryl methyl sites for hydroxylation is 2. The number of ether oxygens (including phenoxy) is 1. The average molecular weight is 532 g/mol. The van der Waals surface area contributed by atoms with Gasteiger partial charge in [0.05, 0.1) is 49.4 Å². The van der Waals surface area contributed by atoms with E-state index in [1.54, 1.807) is 34.2 Å². The molecule has 0 spiro atoms. The van der Waals surface area contributed by atoms with Gasteiger partial charge in [0.15, 0.2) is 5.52 Å². The first-order valence-corrected chi connectivity index (χ1v) is 14.5. The molecule has 2 aromatic heterocycles. The Morgan fingerprint density at radius 2 is 1.84 bits per heavy atom. The minimum absolute atomic E-state index is 0.153. The van der Waals surface area contributed by atoms with Gasteiger partial charge in [0.2, 0.25) is 10.0 Å². The molecule has 1 aliphatic rings. The Morgan fingerprint density at radius 3 is 2.43 bits per heavy atom. The molecule has 3 atom stereocenters. The zero-order valence-corrected chi connectivity index (χ0v) is 23.7. The van der Waals surface area contributed by atoms with Gasteiger partial charge in [0, 0.05) is 7.05 Å². The summed E-state index contributed by atoms with van der Waals surface area (Å²) in [5, 5.41) is 4.48. The Balaban J connectivity index is 1.82. The third kappa shape index (κ3) is 4.68. The molecule has 0 saturated carbocycles. The number of hydrogen-bond donors (Lipinski definition) is 1. The maximum Gasteiger partial charge on any atom is 0.277 e. The van der Waals surface area contributed by atoms with E-state index in [2.05, 4.69) is 37.9 Å². The molecule has 4 rings (SSSR count). The van der Waals surface area contributed by atoms with Crippen LogP contribution in [0.2, 0.25) is 0 Å². The summed E-state index contributed by atoms with van der Waals surface area (Å²) >= 11 is 0. The van der Waals surface area contributed by atoms with Crippen molar-refractivity contribution in [2.45, 2.75) is 64.4 Å². The van der Waals surface area contributed by atoms with Gasteiger partial charge in [-0.15, -0.1) is 0 Å². The van der Waals surface area contributed by atoms with Crippen LogP contribution < -0.4 is 10.3 Å². The molecule has 0 radical (unpaired) electrons. The van der Waals surface area contributed by atoms with Gasteiger partial charge in [0.25, 0.3) is 5.56 Å². The number of rotatable bonds is 8. The van der Waals surface area contributed by atoms with Gasteiger partial charge in [-0.05, 0) is 52.3 Å². The molecule has 1 aliphatic heterocycles. The van der Waals surface area contributed by atoms with Crippen LogP contribution in [0.15, 0.2) is 27.9 Å². The van der Waals surface area contributed by atoms with Crippen LogP contribution in [0.1, 0.15) is 46.7 Å². The molecule has 1 N–H and O–H groups in total. The van der Waals surface area contributed by atoms with E-state index in [1.807, 2.05) is 13.8 Å². The maximum absolute atomic E-state index is 13.8. The third-order valence-corrected chi connectivity index (χ3v) is 9.85. The van der Waals surface area contributed by atoms with E-state index in [1.165, 1.54) is 0 Å². The monoisotopic (exact) mass is 531 g/mol. The van der Waals surface area contributed by atoms with E-state index < -0.39 is 10.0 Å². The molecule has 3 aromatic rings. The van der Waals surface area contributed by atoms with Crippen LogP contribution in [0.5, 0.6) is 5.75 Å². The minimum atomic E-state index is -3.78. The second-order valence-corrected chi connectivity index (χ2v) is 12.1. The number of aromatic amines is 1. The predicted molar refractivity (Wildman–Crippen MR) is 144 cm³/mol. The zero-order valence-electron chi connectivity index (χ0n) is 22.9. The minimum Gasteiger partial charge on any atom is -0.493 e. The molecular weight excluding hydrogens is 492 g/mol. The molecule has 3 heterocycles. The molecule has 0 bridgehead atoms. The van der Waals surface area contributed by atoms with Crippen LogP contribution in [-0.2, 0) is 23.5 Å². The number of hydrogen-bond acceptors (Lipinski definition) is 6. The van der Waals surface area contributed by atoms with Gasteiger partial charge < -0.3 is 14.2 Å². The highest BCUT2D eigenvalue weighted by molar-refractivity contribution is 7.89. The Hall–Kier alpha value is -2.76. The summed E-state index contributed by atoms with van der Waals surface area (Å²) in [5.41, 5.74) is 1.75. The molecule has 0 aliphatic carbocycles. The maximum atomic E-state index is 13.8. The van der Waals surface area contributed by atoms with E-state index >= 15 is 0 Å². The molecule has 202 valence electrons. The van der Waals surface area contributed by atoms with E-state index in [0.29, 0.717) is 48.5 Å². The van der Waals surface area contributed by atoms with Crippen molar-refractivity contribution < 1.29 is 17.6 Å². The predicted octanol–water partition coefficient (Wildman–Crippen LogP) is 2.92. The molecular formula is C26H39N6O4S+. The standard InChI is InChI=1S/C26H38N6O4S/c1-8-11-21-23-24(30(6)29-21)26(33)28-25(27-23)20-14-19(12-13-22(20)36-10-3)37(34,35)31-15-17(4)32(7,9-2)18(5)16-31/h12-14,17-18H,8-11,15-16H2,1-7H3/p+1/t17-,18+,32?. The van der Waals surface area contributed by atoms with Crippen LogP contribution in [0.25, 0.3) is 22.4 Å². The number of nitrogens with zero attached hydrogens (tertiary/aromatic N) is 5. The largest absolute Gasteiger partial charge is 0.493 e. The fourth-order valence-corrected chi connectivity index (χ4v) is 6.98. The first-order chi connectivity index (χ1) is 17.5. The van der Waals surface area contributed by atoms with Gasteiger partial charge in [-0.25, -0.2) is 13.4 Å². The number of benzene rings is 1. The van der Waals surface area contributed by atoms with Crippen molar-refractivity contribution >= 4 is 21.1 Å². The average Bonchev–Trinajstić information content (AvgIpc) is 3.18. The van der Waals surface area contributed by atoms with Crippen LogP contribution in [0.3, 0.4) is 0 Å². The third-order valence-electron chi connectivity index (χ3n) is 8.02. The Morgan fingerprint density at radius 1 is 1.16 bits per heavy atom. The van der Waals surface area contributed by atoms with Crippen LogP contribution in [0.4, 0.5) is 0 Å². The topological polar surface area (TPSA) is 110 Å². The number of likely N-dealkylation sites (N-methyl/N-ethyl adjacent to an activating group) is 1. The number of fused-ring (bicyclic) bond motifs is 1. The van der Waals surface area contributed by atoms with E-state index in [9.17, 15) is 13.2 Å². The number of piperazine rings is 1. The van der Waals surface area contributed by atoms with Crippen molar-refractivity contribution in [3.8, 4) is 17.1 Å². The molecule has 1 saturated heterocycles. The Kier molecular flexibility index (Phi) is 7.51. The van der Waals surface area contributed by atoms with Crippen LogP contribution >= 0.6 is 0 Å². The van der Waals surface area contributed by atoms with Crippen LogP contribution in [0, 0.1) is 0 Å². The highest BCUT2D eigenvalue weighted by Gasteiger charge is 2.44. The fraction of sp³-hybridized carbons (Fsp3) is 0.577. The molecule has 10 nitrogen and oxygen atoms in total. The van der Waals surface area contributed by atoms with Gasteiger partial charge >= 0.3 is 0 Å². The smallest absolute Gasteiger partial charge is 0.277 e. The van der Waals surface area contributed by atoms with Gasteiger partial charge in [-0.3, -0.25) is 9.48 Å². The van der Waals surface area contributed by atoms with E-state index in [4.69, 9.17) is 9.72 Å². The molecule has 11 heteroatoms. The molecule has 1 aromatic carbocycles. The summed E-state index contributed by atoms with van der Waals surface area (Å²) < 4.78 is 37.4. The summed E-state index contributed by atoms with van der Waals surface area (Å²) in [7, 11) is 0.132. The summed E-state index contributed by atoms with van der Waals surface area (Å²) in [5.74, 6) is 0.722. The number of quaternary nitrogens is 1. The number of aromatic nitrogens is 4. The summed E-state index contributed by atoms with van der Waals surface area (Å²) in [4.78, 5) is 20.8. The number of sulfonamides is 1. The van der Waals surface area contributed by atoms with Crippen molar-refractivity contribution in [1.29, 1.82) is 0 Å².